The molecule has 4 rings (SSSR count). The molecule has 1 aliphatic heterocycles. The second kappa shape index (κ2) is 10.7. The number of nitrogens with zero attached hydrogens (tertiary/aromatic N) is 4. The van der Waals surface area contributed by atoms with Gasteiger partial charge in [-0.15, -0.1) is 0 Å². The van der Waals surface area contributed by atoms with Crippen LogP contribution in [-0.2, 0) is 14.8 Å². The van der Waals surface area contributed by atoms with Crippen LogP contribution >= 0.6 is 0 Å². The molecule has 0 bridgehead atoms. The average molecular weight is 562 g/mol. The zero-order chi connectivity index (χ0) is 28.5. The number of nitro benzene ring substituents is 1. The Kier molecular flexibility index (Phi) is 7.73. The van der Waals surface area contributed by atoms with E-state index in [1.165, 1.54) is 35.0 Å². The van der Waals surface area contributed by atoms with Crippen molar-refractivity contribution in [3.63, 3.8) is 0 Å². The zero-order valence-electron chi connectivity index (χ0n) is 21.8. The lowest BCUT2D eigenvalue weighted by atomic mass is 10.1. The second-order valence-electron chi connectivity index (χ2n) is 9.92. The Morgan fingerprint density at radius 1 is 1.15 bits per heavy atom. The van der Waals surface area contributed by atoms with E-state index in [0.29, 0.717) is 37.6 Å². The number of nitro groups is 1. The second-order valence-corrected chi connectivity index (χ2v) is 11.6. The van der Waals surface area contributed by atoms with Crippen molar-refractivity contribution >= 4 is 21.6 Å². The molecule has 39 heavy (non-hydrogen) atoms. The van der Waals surface area contributed by atoms with Gasteiger partial charge in [0.1, 0.15) is 16.5 Å². The van der Waals surface area contributed by atoms with Gasteiger partial charge in [0.05, 0.1) is 23.8 Å². The third-order valence-corrected chi connectivity index (χ3v) is 7.49. The quantitative estimate of drug-likeness (QED) is 0.340. The van der Waals surface area contributed by atoms with Crippen molar-refractivity contribution < 1.29 is 32.0 Å². The molecule has 0 spiro atoms. The first-order chi connectivity index (χ1) is 18.3. The number of aromatic nitrogens is 2. The van der Waals surface area contributed by atoms with E-state index in [1.807, 2.05) is 0 Å². The van der Waals surface area contributed by atoms with Crippen LogP contribution in [-0.4, -0.2) is 65.8 Å². The smallest absolute Gasteiger partial charge is 0.274 e. The SMILES string of the molecule is Cc1c(C(=O)N2CCOCC2)nn(-c2ccc(F)cc2)c1Oc1ccc([N+](=O)[O-])cc1S(=O)(=O)NC(C)(C)C. The molecule has 1 amide bonds. The van der Waals surface area contributed by atoms with Crippen molar-refractivity contribution in [2.45, 2.75) is 38.1 Å². The van der Waals surface area contributed by atoms with Crippen LogP contribution < -0.4 is 9.46 Å². The Hall–Kier alpha value is -3.88. The highest BCUT2D eigenvalue weighted by Crippen LogP contribution is 2.36. The van der Waals surface area contributed by atoms with E-state index in [-0.39, 0.29) is 23.2 Å². The first kappa shape index (κ1) is 28.1. The number of carbonyl (C=O) groups excluding carboxylic acids is 1. The highest BCUT2D eigenvalue weighted by molar-refractivity contribution is 7.89. The highest BCUT2D eigenvalue weighted by atomic mass is 32.2. The minimum Gasteiger partial charge on any atom is -0.437 e. The molecule has 12 nitrogen and oxygen atoms in total. The lowest BCUT2D eigenvalue weighted by molar-refractivity contribution is -0.385. The van der Waals surface area contributed by atoms with Gasteiger partial charge in [-0.05, 0) is 58.0 Å². The summed E-state index contributed by atoms with van der Waals surface area (Å²) in [7, 11) is -4.30. The van der Waals surface area contributed by atoms with E-state index < -0.39 is 36.9 Å². The molecule has 1 N–H and O–H groups in total. The fourth-order valence-electron chi connectivity index (χ4n) is 3.94. The molecule has 2 heterocycles. The maximum atomic E-state index is 13.7. The van der Waals surface area contributed by atoms with Crippen LogP contribution in [0.3, 0.4) is 0 Å². The maximum absolute atomic E-state index is 13.7. The Labute approximate surface area is 224 Å². The van der Waals surface area contributed by atoms with Crippen LogP contribution in [0.4, 0.5) is 10.1 Å². The molecule has 1 fully saturated rings. The van der Waals surface area contributed by atoms with E-state index in [9.17, 15) is 27.7 Å². The summed E-state index contributed by atoms with van der Waals surface area (Å²) in [5, 5.41) is 15.9. The monoisotopic (exact) mass is 561 g/mol. The number of halogens is 1. The van der Waals surface area contributed by atoms with Crippen LogP contribution in [0.25, 0.3) is 5.69 Å². The Bertz CT molecular complexity index is 1510. The fourth-order valence-corrected chi connectivity index (χ4v) is 5.51. The predicted molar refractivity (Wildman–Crippen MR) is 138 cm³/mol. The van der Waals surface area contributed by atoms with Crippen LogP contribution in [0.15, 0.2) is 47.4 Å². The van der Waals surface area contributed by atoms with E-state index in [2.05, 4.69) is 9.82 Å². The van der Waals surface area contributed by atoms with Crippen molar-refractivity contribution in [1.82, 2.24) is 19.4 Å². The molecular formula is C25H28FN5O7S. The van der Waals surface area contributed by atoms with Gasteiger partial charge in [0, 0.05) is 36.3 Å². The molecule has 3 aromatic rings. The topological polar surface area (TPSA) is 146 Å². The van der Waals surface area contributed by atoms with Crippen molar-refractivity contribution in [1.29, 1.82) is 0 Å². The minimum absolute atomic E-state index is 0.0146. The first-order valence-electron chi connectivity index (χ1n) is 12.0. The number of morpholine rings is 1. The molecule has 2 aromatic carbocycles. The summed E-state index contributed by atoms with van der Waals surface area (Å²) >= 11 is 0. The summed E-state index contributed by atoms with van der Waals surface area (Å²) in [4.78, 5) is 25.2. The summed E-state index contributed by atoms with van der Waals surface area (Å²) in [5.74, 6) is -1.12. The highest BCUT2D eigenvalue weighted by Gasteiger charge is 2.31. The molecule has 0 atom stereocenters. The summed E-state index contributed by atoms with van der Waals surface area (Å²) in [6.45, 7) is 7.93. The number of carbonyl (C=O) groups is 1. The molecule has 0 saturated carbocycles. The maximum Gasteiger partial charge on any atom is 0.274 e. The van der Waals surface area contributed by atoms with Gasteiger partial charge in [-0.1, -0.05) is 0 Å². The van der Waals surface area contributed by atoms with Gasteiger partial charge < -0.3 is 14.4 Å². The lowest BCUT2D eigenvalue weighted by Crippen LogP contribution is -2.41. The predicted octanol–water partition coefficient (Wildman–Crippen LogP) is 3.57. The van der Waals surface area contributed by atoms with Crippen LogP contribution in [0.2, 0.25) is 0 Å². The molecule has 0 aliphatic carbocycles. The number of sulfonamides is 1. The van der Waals surface area contributed by atoms with Crippen LogP contribution in [0, 0.1) is 22.9 Å². The van der Waals surface area contributed by atoms with Gasteiger partial charge >= 0.3 is 0 Å². The van der Waals surface area contributed by atoms with Gasteiger partial charge in [-0.2, -0.15) is 9.78 Å². The zero-order valence-corrected chi connectivity index (χ0v) is 22.6. The summed E-state index contributed by atoms with van der Waals surface area (Å²) in [5.41, 5.74) is -0.667. The van der Waals surface area contributed by atoms with Crippen molar-refractivity contribution in [2.75, 3.05) is 26.3 Å². The fraction of sp³-hybridized carbons (Fsp3) is 0.360. The lowest BCUT2D eigenvalue weighted by Gasteiger charge is -2.26. The van der Waals surface area contributed by atoms with Crippen LogP contribution in [0.5, 0.6) is 11.6 Å². The number of hydrogen-bond donors (Lipinski definition) is 1. The number of ether oxygens (including phenoxy) is 2. The molecule has 208 valence electrons. The Morgan fingerprint density at radius 3 is 2.38 bits per heavy atom. The normalized spacial score (nSPS) is 14.3. The minimum atomic E-state index is -4.30. The third-order valence-electron chi connectivity index (χ3n) is 5.72. The van der Waals surface area contributed by atoms with Crippen molar-refractivity contribution in [3.8, 4) is 17.3 Å². The van der Waals surface area contributed by atoms with Gasteiger partial charge in [-0.3, -0.25) is 14.9 Å². The third kappa shape index (κ3) is 6.24. The number of rotatable bonds is 7. The summed E-state index contributed by atoms with van der Waals surface area (Å²) in [6.07, 6.45) is 0. The largest absolute Gasteiger partial charge is 0.437 e. The first-order valence-corrected chi connectivity index (χ1v) is 13.5. The average Bonchev–Trinajstić information content (AvgIpc) is 3.19. The Balaban J connectivity index is 1.86. The number of benzene rings is 2. The van der Waals surface area contributed by atoms with E-state index >= 15 is 0 Å². The number of nitrogens with one attached hydrogen (secondary N) is 1. The van der Waals surface area contributed by atoms with E-state index in [1.54, 1.807) is 32.6 Å². The Morgan fingerprint density at radius 2 is 1.79 bits per heavy atom. The van der Waals surface area contributed by atoms with Gasteiger partial charge in [0.2, 0.25) is 15.9 Å². The summed E-state index contributed by atoms with van der Waals surface area (Å²) < 4.78 is 55.4. The number of hydrogen-bond acceptors (Lipinski definition) is 8. The molecule has 14 heteroatoms. The van der Waals surface area contributed by atoms with Crippen molar-refractivity contribution in [2.24, 2.45) is 0 Å². The van der Waals surface area contributed by atoms with E-state index in [0.717, 1.165) is 12.1 Å². The standard InChI is InChI=1S/C25H28FN5O7S/c1-16-22(23(32)29-11-13-37-14-12-29)27-30(18-7-5-17(26)6-8-18)24(16)38-20-10-9-19(31(33)34)15-21(20)39(35,36)28-25(2,3)4/h5-10,15,28H,11-14H2,1-4H3. The van der Waals surface area contributed by atoms with Gasteiger partial charge in [0.25, 0.3) is 11.6 Å². The van der Waals surface area contributed by atoms with Gasteiger partial charge in [0.15, 0.2) is 5.69 Å². The molecule has 0 radical (unpaired) electrons. The van der Waals surface area contributed by atoms with E-state index in [4.69, 9.17) is 9.47 Å². The molecule has 1 aromatic heterocycles. The molecule has 0 unspecified atom stereocenters. The van der Waals surface area contributed by atoms with Crippen molar-refractivity contribution in [3.05, 3.63) is 69.7 Å². The number of amides is 1. The molecule has 1 aliphatic rings. The summed E-state index contributed by atoms with van der Waals surface area (Å²) in [6, 6.07) is 8.43. The molecular weight excluding hydrogens is 533 g/mol. The molecule has 1 saturated heterocycles. The number of non-ortho nitro benzene ring substituents is 1. The van der Waals surface area contributed by atoms with Gasteiger partial charge in [-0.25, -0.2) is 17.5 Å². The van der Waals surface area contributed by atoms with Crippen LogP contribution in [0.1, 0.15) is 36.8 Å².